The van der Waals surface area contributed by atoms with Crippen LogP contribution in [0, 0.1) is 0 Å². The Hall–Kier alpha value is -3.10. The number of rotatable bonds is 7. The first-order valence-electron chi connectivity index (χ1n) is 8.34. The molecule has 0 radical (unpaired) electrons. The minimum atomic E-state index is -0.222. The molecule has 0 saturated heterocycles. The number of nitrogens with one attached hydrogen (secondary N) is 1. The van der Waals surface area contributed by atoms with Crippen LogP contribution in [-0.2, 0) is 13.0 Å². The van der Waals surface area contributed by atoms with Crippen molar-refractivity contribution in [3.63, 3.8) is 0 Å². The van der Waals surface area contributed by atoms with Gasteiger partial charge in [-0.1, -0.05) is 24.2 Å². The molecule has 138 valence electrons. The maximum atomic E-state index is 12.2. The maximum Gasteiger partial charge on any atom is 0.317 e. The van der Waals surface area contributed by atoms with Gasteiger partial charge in [-0.05, 0) is 12.1 Å². The summed E-state index contributed by atoms with van der Waals surface area (Å²) >= 11 is 0. The number of aromatic nitrogens is 3. The van der Waals surface area contributed by atoms with E-state index in [4.69, 9.17) is 13.5 Å². The Labute approximate surface area is 150 Å². The van der Waals surface area contributed by atoms with Crippen LogP contribution < -0.4 is 5.32 Å². The molecule has 0 saturated carbocycles. The standard InChI is InChI=1S/C17H21N5O4/c1-11(2)16-19-15(21-26-16)6-7-22(3)17(23)18-10-12-9-14(25-20-12)13-5-4-8-24-13/h4-5,8-9,11H,6-7,10H2,1-3H3,(H,18,23). The Kier molecular flexibility index (Phi) is 5.35. The lowest BCUT2D eigenvalue weighted by Gasteiger charge is -2.16. The predicted molar refractivity (Wildman–Crippen MR) is 91.2 cm³/mol. The molecule has 2 amide bonds. The molecular weight excluding hydrogens is 338 g/mol. The molecule has 9 heteroatoms. The van der Waals surface area contributed by atoms with E-state index < -0.39 is 0 Å². The second kappa shape index (κ2) is 7.85. The van der Waals surface area contributed by atoms with E-state index in [1.165, 1.54) is 0 Å². The number of amides is 2. The molecule has 3 heterocycles. The number of likely N-dealkylation sites (N-methyl/N-ethyl adjacent to an activating group) is 1. The number of hydrogen-bond donors (Lipinski definition) is 1. The first-order chi connectivity index (χ1) is 12.5. The Bertz CT molecular complexity index is 837. The second-order valence-electron chi connectivity index (χ2n) is 6.19. The van der Waals surface area contributed by atoms with Gasteiger partial charge in [0.25, 0.3) is 0 Å². The quantitative estimate of drug-likeness (QED) is 0.690. The molecule has 3 rings (SSSR count). The summed E-state index contributed by atoms with van der Waals surface area (Å²) < 4.78 is 15.6. The van der Waals surface area contributed by atoms with Crippen molar-refractivity contribution in [2.45, 2.75) is 32.7 Å². The van der Waals surface area contributed by atoms with Gasteiger partial charge in [0, 0.05) is 32.0 Å². The van der Waals surface area contributed by atoms with Crippen molar-refractivity contribution in [3.8, 4) is 11.5 Å². The average Bonchev–Trinajstić information content (AvgIpc) is 3.38. The average molecular weight is 359 g/mol. The van der Waals surface area contributed by atoms with Gasteiger partial charge in [0.05, 0.1) is 12.8 Å². The van der Waals surface area contributed by atoms with Crippen LogP contribution >= 0.6 is 0 Å². The van der Waals surface area contributed by atoms with E-state index >= 15 is 0 Å². The number of carbonyl (C=O) groups is 1. The minimum Gasteiger partial charge on any atom is -0.461 e. The van der Waals surface area contributed by atoms with Gasteiger partial charge in [0.15, 0.2) is 11.6 Å². The molecule has 0 aliphatic rings. The van der Waals surface area contributed by atoms with Gasteiger partial charge >= 0.3 is 6.03 Å². The third kappa shape index (κ3) is 4.29. The lowest BCUT2D eigenvalue weighted by molar-refractivity contribution is 0.208. The van der Waals surface area contributed by atoms with Gasteiger partial charge < -0.3 is 23.7 Å². The Morgan fingerprint density at radius 3 is 2.81 bits per heavy atom. The Morgan fingerprint density at radius 1 is 1.27 bits per heavy atom. The minimum absolute atomic E-state index is 0.186. The molecule has 3 aromatic rings. The van der Waals surface area contributed by atoms with E-state index in [0.29, 0.717) is 41.9 Å². The van der Waals surface area contributed by atoms with E-state index in [1.54, 1.807) is 36.4 Å². The van der Waals surface area contributed by atoms with Crippen LogP contribution in [0.2, 0.25) is 0 Å². The van der Waals surface area contributed by atoms with Gasteiger partial charge in [-0.25, -0.2) is 4.79 Å². The van der Waals surface area contributed by atoms with E-state index in [0.717, 1.165) is 0 Å². The van der Waals surface area contributed by atoms with Crippen molar-refractivity contribution >= 4 is 6.03 Å². The Morgan fingerprint density at radius 2 is 2.12 bits per heavy atom. The van der Waals surface area contributed by atoms with E-state index in [9.17, 15) is 4.79 Å². The molecule has 0 spiro atoms. The molecule has 0 fully saturated rings. The van der Waals surface area contributed by atoms with Crippen LogP contribution in [-0.4, -0.2) is 39.8 Å². The van der Waals surface area contributed by atoms with Gasteiger partial charge in [0.2, 0.25) is 11.7 Å². The number of urea groups is 1. The molecule has 0 aliphatic heterocycles. The summed E-state index contributed by atoms with van der Waals surface area (Å²) in [6, 6.07) is 5.05. The van der Waals surface area contributed by atoms with Crippen molar-refractivity contribution < 1.29 is 18.3 Å². The number of nitrogens with zero attached hydrogens (tertiary/aromatic N) is 4. The summed E-state index contributed by atoms with van der Waals surface area (Å²) in [6.07, 6.45) is 2.08. The summed E-state index contributed by atoms with van der Waals surface area (Å²) in [4.78, 5) is 18.0. The molecular formula is C17H21N5O4. The molecule has 1 N–H and O–H groups in total. The fraction of sp³-hybridized carbons (Fsp3) is 0.412. The zero-order chi connectivity index (χ0) is 18.5. The highest BCUT2D eigenvalue weighted by atomic mass is 16.5. The Balaban J connectivity index is 1.45. The molecule has 0 unspecified atom stereocenters. The van der Waals surface area contributed by atoms with Gasteiger partial charge in [-0.2, -0.15) is 4.98 Å². The molecule has 9 nitrogen and oxygen atoms in total. The van der Waals surface area contributed by atoms with Gasteiger partial charge in [-0.3, -0.25) is 0 Å². The second-order valence-corrected chi connectivity index (χ2v) is 6.19. The van der Waals surface area contributed by atoms with Crippen LogP contribution in [0.15, 0.2) is 37.9 Å². The smallest absolute Gasteiger partial charge is 0.317 e. The summed E-state index contributed by atoms with van der Waals surface area (Å²) in [5, 5.41) is 10.6. The summed E-state index contributed by atoms with van der Waals surface area (Å²) in [6.45, 7) is 4.70. The van der Waals surface area contributed by atoms with Crippen molar-refractivity contribution in [2.75, 3.05) is 13.6 Å². The van der Waals surface area contributed by atoms with Crippen molar-refractivity contribution in [1.29, 1.82) is 0 Å². The van der Waals surface area contributed by atoms with Crippen LogP contribution in [0.1, 0.15) is 37.2 Å². The monoisotopic (exact) mass is 359 g/mol. The lowest BCUT2D eigenvalue weighted by atomic mass is 10.2. The first-order valence-corrected chi connectivity index (χ1v) is 8.34. The molecule has 0 aliphatic carbocycles. The van der Waals surface area contributed by atoms with Crippen molar-refractivity contribution in [2.24, 2.45) is 0 Å². The predicted octanol–water partition coefficient (Wildman–Crippen LogP) is 2.83. The van der Waals surface area contributed by atoms with Gasteiger partial charge in [-0.15, -0.1) is 0 Å². The summed E-state index contributed by atoms with van der Waals surface area (Å²) in [5.41, 5.74) is 0.609. The molecule has 3 aromatic heterocycles. The van der Waals surface area contributed by atoms with Crippen molar-refractivity contribution in [1.82, 2.24) is 25.5 Å². The first kappa shape index (κ1) is 17.7. The number of furan rings is 1. The topological polar surface area (TPSA) is 110 Å². The van der Waals surface area contributed by atoms with Crippen LogP contribution in [0.3, 0.4) is 0 Å². The highest BCUT2D eigenvalue weighted by molar-refractivity contribution is 5.73. The largest absolute Gasteiger partial charge is 0.461 e. The SMILES string of the molecule is CC(C)c1nc(CCN(C)C(=O)NCc2cc(-c3ccco3)on2)no1. The summed E-state index contributed by atoms with van der Waals surface area (Å²) in [7, 11) is 1.70. The van der Waals surface area contributed by atoms with E-state index in [-0.39, 0.29) is 18.5 Å². The highest BCUT2D eigenvalue weighted by Crippen LogP contribution is 2.20. The van der Waals surface area contributed by atoms with E-state index in [2.05, 4.69) is 20.6 Å². The van der Waals surface area contributed by atoms with Crippen LogP contribution in [0.25, 0.3) is 11.5 Å². The van der Waals surface area contributed by atoms with E-state index in [1.807, 2.05) is 13.8 Å². The molecule has 0 atom stereocenters. The number of hydrogen-bond acceptors (Lipinski definition) is 7. The fourth-order valence-electron chi connectivity index (χ4n) is 2.20. The van der Waals surface area contributed by atoms with Crippen LogP contribution in [0.5, 0.6) is 0 Å². The van der Waals surface area contributed by atoms with Gasteiger partial charge in [0.1, 0.15) is 5.69 Å². The number of carbonyl (C=O) groups excluding carboxylic acids is 1. The molecule has 0 bridgehead atoms. The summed E-state index contributed by atoms with van der Waals surface area (Å²) in [5.74, 6) is 2.49. The maximum absolute atomic E-state index is 12.2. The highest BCUT2D eigenvalue weighted by Gasteiger charge is 2.14. The molecule has 26 heavy (non-hydrogen) atoms. The van der Waals surface area contributed by atoms with Crippen molar-refractivity contribution in [3.05, 3.63) is 41.9 Å². The third-order valence-corrected chi connectivity index (χ3v) is 3.74. The molecule has 0 aromatic carbocycles. The third-order valence-electron chi connectivity index (χ3n) is 3.74. The normalized spacial score (nSPS) is 11.1. The zero-order valence-corrected chi connectivity index (χ0v) is 14.9. The lowest BCUT2D eigenvalue weighted by Crippen LogP contribution is -2.38. The fourth-order valence-corrected chi connectivity index (χ4v) is 2.20. The zero-order valence-electron chi connectivity index (χ0n) is 14.9. The van der Waals surface area contributed by atoms with Crippen LogP contribution in [0.4, 0.5) is 4.79 Å².